The van der Waals surface area contributed by atoms with Crippen molar-refractivity contribution in [3.63, 3.8) is 0 Å². The van der Waals surface area contributed by atoms with Crippen LogP contribution in [0.15, 0.2) is 27.4 Å². The fourth-order valence-corrected chi connectivity index (χ4v) is 1.43. The van der Waals surface area contributed by atoms with Crippen LogP contribution in [0.4, 0.5) is 16.4 Å². The molecule has 0 aliphatic carbocycles. The molecule has 0 unspecified atom stereocenters. The van der Waals surface area contributed by atoms with Gasteiger partial charge in [-0.1, -0.05) is 5.10 Å². The highest BCUT2D eigenvalue weighted by atomic mass is 19.1. The van der Waals surface area contributed by atoms with Gasteiger partial charge in [-0.3, -0.25) is 5.32 Å². The Hall–Kier alpha value is -2.44. The molecule has 86 valence electrons. The lowest BCUT2D eigenvalue weighted by Gasteiger charge is -1.92. The number of fused-ring (bicyclic) bond motifs is 1. The number of rotatable bonds is 2. The van der Waals surface area contributed by atoms with Gasteiger partial charge in [0.25, 0.3) is 0 Å². The first-order chi connectivity index (χ1) is 8.22. The van der Waals surface area contributed by atoms with Crippen molar-refractivity contribution in [2.75, 3.05) is 5.32 Å². The van der Waals surface area contributed by atoms with Gasteiger partial charge >= 0.3 is 12.0 Å². The molecule has 3 rings (SSSR count). The fraction of sp³-hybridized carbons (Fsp3) is 0.100. The zero-order chi connectivity index (χ0) is 11.8. The highest BCUT2D eigenvalue weighted by molar-refractivity contribution is 5.75. The maximum absolute atomic E-state index is 13.3. The molecule has 0 atom stereocenters. The zero-order valence-electron chi connectivity index (χ0n) is 8.77. The third-order valence-corrected chi connectivity index (χ3v) is 2.24. The van der Waals surface area contributed by atoms with E-state index in [1.807, 2.05) is 0 Å². The summed E-state index contributed by atoms with van der Waals surface area (Å²) in [6.07, 6.45) is 1.18. The predicted molar refractivity (Wildman–Crippen MR) is 56.3 cm³/mol. The average Bonchev–Trinajstić information content (AvgIpc) is 2.89. The number of aromatic nitrogens is 3. The molecule has 2 heterocycles. The monoisotopic (exact) mass is 234 g/mol. The molecule has 3 aromatic rings. The maximum atomic E-state index is 13.3. The molecule has 0 aliphatic heterocycles. The standard InChI is InChI=1S/C10H7FN4O2/c1-5-2-7-8(3-6(5)11)17-9(13-7)14-10-15-12-4-16-10/h2-4H,1H3,(H,13,14,15). The summed E-state index contributed by atoms with van der Waals surface area (Å²) in [7, 11) is 0. The van der Waals surface area contributed by atoms with Gasteiger partial charge in [-0.2, -0.15) is 4.98 Å². The van der Waals surface area contributed by atoms with Crippen molar-refractivity contribution in [2.24, 2.45) is 0 Å². The van der Waals surface area contributed by atoms with Crippen LogP contribution in [0.1, 0.15) is 5.56 Å². The van der Waals surface area contributed by atoms with E-state index in [1.165, 1.54) is 12.5 Å². The fourth-order valence-electron chi connectivity index (χ4n) is 1.43. The van der Waals surface area contributed by atoms with Crippen molar-refractivity contribution in [1.82, 2.24) is 15.2 Å². The Morgan fingerprint density at radius 3 is 2.94 bits per heavy atom. The Morgan fingerprint density at radius 2 is 2.18 bits per heavy atom. The first-order valence-corrected chi connectivity index (χ1v) is 4.82. The van der Waals surface area contributed by atoms with Gasteiger partial charge in [0.1, 0.15) is 11.3 Å². The highest BCUT2D eigenvalue weighted by Gasteiger charge is 2.10. The first kappa shape index (κ1) is 9.76. The molecular weight excluding hydrogens is 227 g/mol. The lowest BCUT2D eigenvalue weighted by Crippen LogP contribution is -1.89. The van der Waals surface area contributed by atoms with Gasteiger partial charge in [-0.15, -0.1) is 5.10 Å². The number of halogens is 1. The Balaban J connectivity index is 2.02. The SMILES string of the molecule is Cc1cc2nc(Nc3nnco3)oc2cc1F. The minimum Gasteiger partial charge on any atom is -0.423 e. The van der Waals surface area contributed by atoms with Gasteiger partial charge in [0, 0.05) is 6.07 Å². The number of anilines is 2. The minimum atomic E-state index is -0.335. The van der Waals surface area contributed by atoms with Crippen LogP contribution in [0.2, 0.25) is 0 Å². The molecule has 1 N–H and O–H groups in total. The Morgan fingerprint density at radius 1 is 1.29 bits per heavy atom. The summed E-state index contributed by atoms with van der Waals surface area (Å²) in [4.78, 5) is 4.12. The second kappa shape index (κ2) is 3.55. The third kappa shape index (κ3) is 1.71. The van der Waals surface area contributed by atoms with Crippen LogP contribution in [0.25, 0.3) is 11.1 Å². The number of oxazole rings is 1. The number of benzene rings is 1. The molecule has 0 fully saturated rings. The van der Waals surface area contributed by atoms with Crippen LogP contribution < -0.4 is 5.32 Å². The number of nitrogens with one attached hydrogen (secondary N) is 1. The lowest BCUT2D eigenvalue weighted by molar-refractivity contribution is 0.558. The summed E-state index contributed by atoms with van der Waals surface area (Å²) in [6.45, 7) is 1.66. The van der Waals surface area contributed by atoms with Crippen LogP contribution in [-0.2, 0) is 0 Å². The van der Waals surface area contributed by atoms with Gasteiger partial charge in [0.2, 0.25) is 6.39 Å². The van der Waals surface area contributed by atoms with Crippen molar-refractivity contribution in [3.8, 4) is 0 Å². The largest absolute Gasteiger partial charge is 0.423 e. The molecule has 0 aliphatic rings. The van der Waals surface area contributed by atoms with Gasteiger partial charge in [-0.25, -0.2) is 4.39 Å². The second-order valence-electron chi connectivity index (χ2n) is 3.46. The van der Waals surface area contributed by atoms with Gasteiger partial charge < -0.3 is 8.83 Å². The average molecular weight is 234 g/mol. The maximum Gasteiger partial charge on any atom is 0.323 e. The Labute approximate surface area is 94.5 Å². The molecule has 0 bridgehead atoms. The van der Waals surface area contributed by atoms with E-state index < -0.39 is 0 Å². The molecule has 0 amide bonds. The van der Waals surface area contributed by atoms with E-state index in [9.17, 15) is 4.39 Å². The van der Waals surface area contributed by atoms with Crippen molar-refractivity contribution >= 4 is 23.1 Å². The molecule has 1 aromatic carbocycles. The molecular formula is C10H7FN4O2. The second-order valence-corrected chi connectivity index (χ2v) is 3.46. The van der Waals surface area contributed by atoms with Crippen molar-refractivity contribution in [1.29, 1.82) is 0 Å². The number of aryl methyl sites for hydroxylation is 1. The lowest BCUT2D eigenvalue weighted by atomic mass is 10.2. The van der Waals surface area contributed by atoms with E-state index in [0.29, 0.717) is 16.7 Å². The zero-order valence-corrected chi connectivity index (χ0v) is 8.77. The molecule has 0 saturated heterocycles. The highest BCUT2D eigenvalue weighted by Crippen LogP contribution is 2.23. The van der Waals surface area contributed by atoms with Crippen LogP contribution >= 0.6 is 0 Å². The van der Waals surface area contributed by atoms with Crippen LogP contribution in [-0.4, -0.2) is 15.2 Å². The molecule has 0 radical (unpaired) electrons. The molecule has 6 nitrogen and oxygen atoms in total. The Bertz CT molecular complexity index is 623. The number of hydrogen-bond acceptors (Lipinski definition) is 6. The summed E-state index contributed by atoms with van der Waals surface area (Å²) < 4.78 is 23.4. The molecule has 2 aromatic heterocycles. The van der Waals surface area contributed by atoms with Crippen molar-refractivity contribution in [3.05, 3.63) is 29.9 Å². The van der Waals surface area contributed by atoms with Crippen molar-refractivity contribution in [2.45, 2.75) is 6.92 Å². The summed E-state index contributed by atoms with van der Waals surface area (Å²) in [5, 5.41) is 9.78. The molecule has 7 heteroatoms. The van der Waals surface area contributed by atoms with Crippen LogP contribution in [0.5, 0.6) is 0 Å². The number of hydrogen-bond donors (Lipinski definition) is 1. The summed E-state index contributed by atoms with van der Waals surface area (Å²) in [5.41, 5.74) is 1.43. The number of nitrogens with zero attached hydrogens (tertiary/aromatic N) is 3. The smallest absolute Gasteiger partial charge is 0.323 e. The van der Waals surface area contributed by atoms with Crippen molar-refractivity contribution < 1.29 is 13.2 Å². The quantitative estimate of drug-likeness (QED) is 0.733. The van der Waals surface area contributed by atoms with E-state index in [2.05, 4.69) is 20.5 Å². The van der Waals surface area contributed by atoms with Gasteiger partial charge in [0.15, 0.2) is 5.58 Å². The van der Waals surface area contributed by atoms with E-state index in [4.69, 9.17) is 8.83 Å². The van der Waals surface area contributed by atoms with E-state index in [-0.39, 0.29) is 17.8 Å². The molecule has 17 heavy (non-hydrogen) atoms. The van der Waals surface area contributed by atoms with Crippen LogP contribution in [0.3, 0.4) is 0 Å². The van der Waals surface area contributed by atoms with Gasteiger partial charge in [-0.05, 0) is 18.6 Å². The first-order valence-electron chi connectivity index (χ1n) is 4.82. The minimum absolute atomic E-state index is 0.161. The summed E-state index contributed by atoms with van der Waals surface area (Å²) in [5.74, 6) is -0.335. The molecule has 0 spiro atoms. The van der Waals surface area contributed by atoms with Crippen LogP contribution in [0, 0.1) is 12.7 Å². The summed E-state index contributed by atoms with van der Waals surface area (Å²) in [6, 6.07) is 3.23. The topological polar surface area (TPSA) is 77.0 Å². The Kier molecular flexibility index (Phi) is 2.04. The molecule has 0 saturated carbocycles. The predicted octanol–water partition coefficient (Wildman–Crippen LogP) is 2.40. The van der Waals surface area contributed by atoms with E-state index >= 15 is 0 Å². The summed E-state index contributed by atoms with van der Waals surface area (Å²) >= 11 is 0. The van der Waals surface area contributed by atoms with Gasteiger partial charge in [0.05, 0.1) is 0 Å². The third-order valence-electron chi connectivity index (χ3n) is 2.24. The normalized spacial score (nSPS) is 10.9. The van der Waals surface area contributed by atoms with E-state index in [1.54, 1.807) is 13.0 Å². The van der Waals surface area contributed by atoms with E-state index in [0.717, 1.165) is 0 Å².